The van der Waals surface area contributed by atoms with E-state index in [2.05, 4.69) is 0 Å². The Morgan fingerprint density at radius 3 is 2.31 bits per heavy atom. The molecule has 0 unspecified atom stereocenters. The first-order chi connectivity index (χ1) is 12.2. The van der Waals surface area contributed by atoms with Gasteiger partial charge in [-0.15, -0.1) is 0 Å². The summed E-state index contributed by atoms with van der Waals surface area (Å²) in [5.41, 5.74) is -0.709. The molecule has 1 heterocycles. The zero-order valence-electron chi connectivity index (χ0n) is 15.6. The number of nitrogens with zero attached hydrogens (tertiary/aromatic N) is 1. The van der Waals surface area contributed by atoms with E-state index in [0.29, 0.717) is 18.6 Å². The van der Waals surface area contributed by atoms with Gasteiger partial charge in [-0.05, 0) is 45.7 Å². The van der Waals surface area contributed by atoms with Crippen LogP contribution < -0.4 is 4.74 Å². The topological polar surface area (TPSA) is 82.1 Å². The van der Waals surface area contributed by atoms with E-state index in [1.165, 1.54) is 11.8 Å². The van der Waals surface area contributed by atoms with Crippen LogP contribution >= 0.6 is 0 Å². The van der Waals surface area contributed by atoms with Gasteiger partial charge in [-0.3, -0.25) is 9.69 Å². The Hall–Kier alpha value is -2.57. The highest BCUT2D eigenvalue weighted by Crippen LogP contribution is 2.24. The van der Waals surface area contributed by atoms with Gasteiger partial charge >= 0.3 is 18.0 Å². The van der Waals surface area contributed by atoms with Crippen LogP contribution in [-0.2, 0) is 19.1 Å². The third kappa shape index (κ3) is 5.75. The molecule has 2 rings (SSSR count). The molecular formula is C19H25NO6. The van der Waals surface area contributed by atoms with Crippen molar-refractivity contribution in [2.45, 2.75) is 58.3 Å². The van der Waals surface area contributed by atoms with Crippen molar-refractivity contribution >= 4 is 18.0 Å². The minimum absolute atomic E-state index is 0.0864. The number of esters is 2. The summed E-state index contributed by atoms with van der Waals surface area (Å²) in [5, 5.41) is 0. The maximum absolute atomic E-state index is 12.6. The number of likely N-dealkylation sites (tertiary alicyclic amines) is 1. The molecule has 2 atom stereocenters. The molecular weight excluding hydrogens is 338 g/mol. The largest absolute Gasteiger partial charge is 0.461 e. The molecule has 1 aromatic rings. The van der Waals surface area contributed by atoms with Crippen LogP contribution in [0.3, 0.4) is 0 Å². The fourth-order valence-electron chi connectivity index (χ4n) is 2.71. The highest BCUT2D eigenvalue weighted by Gasteiger charge is 2.40. The minimum Gasteiger partial charge on any atom is -0.461 e. The molecule has 1 aromatic carbocycles. The molecule has 1 amide bonds. The van der Waals surface area contributed by atoms with Crippen LogP contribution in [0.1, 0.15) is 40.5 Å². The van der Waals surface area contributed by atoms with E-state index in [9.17, 15) is 14.4 Å². The van der Waals surface area contributed by atoms with E-state index < -0.39 is 35.8 Å². The van der Waals surface area contributed by atoms with Gasteiger partial charge in [-0.2, -0.15) is 0 Å². The second kappa shape index (κ2) is 8.21. The van der Waals surface area contributed by atoms with E-state index in [4.69, 9.17) is 14.2 Å². The summed E-state index contributed by atoms with van der Waals surface area (Å²) in [6.45, 7) is 6.64. The maximum Gasteiger partial charge on any atom is 0.411 e. The minimum atomic E-state index is -0.795. The first kappa shape index (κ1) is 19.8. The van der Waals surface area contributed by atoms with E-state index in [1.54, 1.807) is 45.0 Å². The molecule has 0 saturated carbocycles. The lowest BCUT2D eigenvalue weighted by molar-refractivity contribution is -0.152. The second-order valence-corrected chi connectivity index (χ2v) is 7.19. The number of ether oxygens (including phenoxy) is 3. The summed E-state index contributed by atoms with van der Waals surface area (Å²) in [6.07, 6.45) is -0.318. The van der Waals surface area contributed by atoms with Crippen molar-refractivity contribution in [3.63, 3.8) is 0 Å². The summed E-state index contributed by atoms with van der Waals surface area (Å²) < 4.78 is 16.0. The predicted octanol–water partition coefficient (Wildman–Crippen LogP) is 2.92. The van der Waals surface area contributed by atoms with Gasteiger partial charge < -0.3 is 14.2 Å². The number of hydrogen-bond donors (Lipinski definition) is 0. The Balaban J connectivity index is 2.14. The molecule has 0 aliphatic carbocycles. The van der Waals surface area contributed by atoms with Gasteiger partial charge in [0.15, 0.2) is 0 Å². The summed E-state index contributed by atoms with van der Waals surface area (Å²) in [5.74, 6) is -0.559. The zero-order valence-corrected chi connectivity index (χ0v) is 15.6. The Labute approximate surface area is 153 Å². The van der Waals surface area contributed by atoms with Crippen LogP contribution in [0.15, 0.2) is 30.3 Å². The molecule has 142 valence electrons. The van der Waals surface area contributed by atoms with Gasteiger partial charge in [0, 0.05) is 6.92 Å². The Kier molecular flexibility index (Phi) is 6.23. The van der Waals surface area contributed by atoms with Crippen LogP contribution in [0.4, 0.5) is 4.79 Å². The number of piperidine rings is 1. The molecule has 1 aliphatic heterocycles. The first-order valence-corrected chi connectivity index (χ1v) is 8.59. The number of para-hydroxylation sites is 1. The van der Waals surface area contributed by atoms with Crippen molar-refractivity contribution in [1.82, 2.24) is 4.90 Å². The Morgan fingerprint density at radius 1 is 1.08 bits per heavy atom. The maximum atomic E-state index is 12.6. The van der Waals surface area contributed by atoms with Gasteiger partial charge in [0.25, 0.3) is 0 Å². The molecule has 7 heteroatoms. The lowest BCUT2D eigenvalue weighted by Gasteiger charge is -2.38. The van der Waals surface area contributed by atoms with Crippen molar-refractivity contribution in [2.24, 2.45) is 0 Å². The van der Waals surface area contributed by atoms with Gasteiger partial charge in [-0.1, -0.05) is 18.2 Å². The van der Waals surface area contributed by atoms with Crippen LogP contribution in [0.25, 0.3) is 0 Å². The van der Waals surface area contributed by atoms with Crippen molar-refractivity contribution < 1.29 is 28.6 Å². The number of benzene rings is 1. The molecule has 1 fully saturated rings. The van der Waals surface area contributed by atoms with Crippen molar-refractivity contribution in [3.8, 4) is 5.75 Å². The van der Waals surface area contributed by atoms with E-state index >= 15 is 0 Å². The number of rotatable bonds is 3. The molecule has 0 spiro atoms. The van der Waals surface area contributed by atoms with Crippen LogP contribution in [0.5, 0.6) is 5.75 Å². The van der Waals surface area contributed by atoms with Crippen molar-refractivity contribution in [1.29, 1.82) is 0 Å². The van der Waals surface area contributed by atoms with Crippen LogP contribution in [0, 0.1) is 0 Å². The number of hydrogen-bond acceptors (Lipinski definition) is 6. The fourth-order valence-corrected chi connectivity index (χ4v) is 2.71. The number of amides is 1. The Morgan fingerprint density at radius 2 is 1.73 bits per heavy atom. The molecule has 1 saturated heterocycles. The van der Waals surface area contributed by atoms with Gasteiger partial charge in [0.05, 0.1) is 6.54 Å². The number of carbonyl (C=O) groups is 3. The summed E-state index contributed by atoms with van der Waals surface area (Å²) in [4.78, 5) is 37.7. The third-order valence-electron chi connectivity index (χ3n) is 3.73. The third-order valence-corrected chi connectivity index (χ3v) is 3.73. The predicted molar refractivity (Wildman–Crippen MR) is 93.6 cm³/mol. The van der Waals surface area contributed by atoms with E-state index in [-0.39, 0.29) is 6.54 Å². The normalized spacial score (nSPS) is 20.2. The quantitative estimate of drug-likeness (QED) is 0.607. The molecule has 0 radical (unpaired) electrons. The van der Waals surface area contributed by atoms with E-state index in [0.717, 1.165) is 0 Å². The van der Waals surface area contributed by atoms with Gasteiger partial charge in [0.2, 0.25) is 0 Å². The smallest absolute Gasteiger partial charge is 0.411 e. The summed E-state index contributed by atoms with van der Waals surface area (Å²) >= 11 is 0. The van der Waals surface area contributed by atoms with Gasteiger partial charge in [-0.25, -0.2) is 9.59 Å². The molecule has 7 nitrogen and oxygen atoms in total. The average molecular weight is 363 g/mol. The Bertz CT molecular complexity index is 652. The van der Waals surface area contributed by atoms with Crippen LogP contribution in [-0.4, -0.2) is 47.2 Å². The average Bonchev–Trinajstić information content (AvgIpc) is 2.53. The molecule has 0 aromatic heterocycles. The summed E-state index contributed by atoms with van der Waals surface area (Å²) in [7, 11) is 0. The van der Waals surface area contributed by atoms with Gasteiger partial charge in [0.1, 0.15) is 23.5 Å². The van der Waals surface area contributed by atoms with Crippen molar-refractivity contribution in [3.05, 3.63) is 30.3 Å². The monoisotopic (exact) mass is 363 g/mol. The zero-order chi connectivity index (χ0) is 19.3. The summed E-state index contributed by atoms with van der Waals surface area (Å²) in [6, 6.07) is 7.86. The molecule has 26 heavy (non-hydrogen) atoms. The van der Waals surface area contributed by atoms with Crippen LogP contribution in [0.2, 0.25) is 0 Å². The number of carbonyl (C=O) groups excluding carboxylic acids is 3. The molecule has 0 N–H and O–H groups in total. The highest BCUT2D eigenvalue weighted by atomic mass is 16.6. The molecule has 1 aliphatic rings. The standard InChI is InChI=1S/C19H25NO6/c1-13(21)24-15-10-11-16(17(22)25-14-8-6-5-7-9-14)20(12-15)18(23)26-19(2,3)4/h5-9,15-16H,10-12H2,1-4H3/t15-,16+/m1/s1. The lowest BCUT2D eigenvalue weighted by Crippen LogP contribution is -2.55. The fraction of sp³-hybridized carbons (Fsp3) is 0.526. The first-order valence-electron chi connectivity index (χ1n) is 8.59. The SMILES string of the molecule is CC(=O)O[C@@H]1CC[C@@H](C(=O)Oc2ccccc2)N(C(=O)OC(C)(C)C)C1. The van der Waals surface area contributed by atoms with Crippen molar-refractivity contribution in [2.75, 3.05) is 6.54 Å². The second-order valence-electron chi connectivity index (χ2n) is 7.19. The highest BCUT2D eigenvalue weighted by molar-refractivity contribution is 5.83. The lowest BCUT2D eigenvalue weighted by atomic mass is 10.0. The molecule has 0 bridgehead atoms. The van der Waals surface area contributed by atoms with E-state index in [1.807, 2.05) is 6.07 Å².